The maximum absolute atomic E-state index is 12.2. The minimum Gasteiger partial charge on any atom is -0.351 e. The third-order valence-electron chi connectivity index (χ3n) is 3.89. The fourth-order valence-corrected chi connectivity index (χ4v) is 2.56. The molecule has 24 heavy (non-hydrogen) atoms. The van der Waals surface area contributed by atoms with E-state index in [0.29, 0.717) is 30.2 Å². The van der Waals surface area contributed by atoms with Crippen LogP contribution in [0.15, 0.2) is 46.5 Å². The summed E-state index contributed by atoms with van der Waals surface area (Å²) in [4.78, 5) is 30.7. The van der Waals surface area contributed by atoms with Crippen LogP contribution >= 0.6 is 0 Å². The van der Waals surface area contributed by atoms with E-state index < -0.39 is 11.2 Å². The Labute approximate surface area is 138 Å². The Kier molecular flexibility index (Phi) is 4.07. The monoisotopic (exact) mass is 325 g/mol. The van der Waals surface area contributed by atoms with Gasteiger partial charge in [0.05, 0.1) is 0 Å². The van der Waals surface area contributed by atoms with Crippen LogP contribution in [0.2, 0.25) is 0 Å². The highest BCUT2D eigenvalue weighted by Crippen LogP contribution is 2.16. The summed E-state index contributed by atoms with van der Waals surface area (Å²) in [6, 6.07) is 8.15. The molecule has 0 bridgehead atoms. The predicted molar refractivity (Wildman–Crippen MR) is 94.3 cm³/mol. The molecule has 3 rings (SSSR count). The fraction of sp³-hybridized carbons (Fsp3) is 0.235. The molecule has 0 aliphatic carbocycles. The summed E-state index contributed by atoms with van der Waals surface area (Å²) in [5.74, 6) is 0.525. The number of rotatable bonds is 5. The number of hydrogen-bond acceptors (Lipinski definition) is 4. The second-order valence-corrected chi connectivity index (χ2v) is 5.66. The lowest BCUT2D eigenvalue weighted by molar-refractivity contribution is 0.818. The zero-order chi connectivity index (χ0) is 17.3. The maximum Gasteiger partial charge on any atom is 0.329 e. The van der Waals surface area contributed by atoms with Crippen LogP contribution in [0.5, 0.6) is 0 Å². The number of aryl methyl sites for hydroxylation is 2. The molecule has 7 nitrogen and oxygen atoms in total. The van der Waals surface area contributed by atoms with Crippen molar-refractivity contribution in [2.24, 2.45) is 7.05 Å². The average Bonchev–Trinajstić information content (AvgIpc) is 2.92. The summed E-state index contributed by atoms with van der Waals surface area (Å²) in [6.45, 7) is 6.73. The molecule has 0 spiro atoms. The van der Waals surface area contributed by atoms with Crippen molar-refractivity contribution in [1.29, 1.82) is 0 Å². The van der Waals surface area contributed by atoms with Crippen LogP contribution in [0.1, 0.15) is 11.1 Å². The SMILES string of the molecule is C=CCn1c(NCc2ccc(C)cc2)nc2c1c(=O)[nH]c(=O)n2C. The van der Waals surface area contributed by atoms with Crippen molar-refractivity contribution < 1.29 is 0 Å². The van der Waals surface area contributed by atoms with E-state index in [9.17, 15) is 9.59 Å². The number of hydrogen-bond donors (Lipinski definition) is 2. The number of allylic oxidation sites excluding steroid dienone is 1. The van der Waals surface area contributed by atoms with Gasteiger partial charge in [0.2, 0.25) is 5.95 Å². The van der Waals surface area contributed by atoms with Crippen LogP contribution in [-0.4, -0.2) is 19.1 Å². The topological polar surface area (TPSA) is 84.7 Å². The van der Waals surface area contributed by atoms with Crippen LogP contribution in [0.4, 0.5) is 5.95 Å². The standard InChI is InChI=1S/C17H19N5O2/c1-4-9-22-13-14(21(3)17(24)20-15(13)23)19-16(22)18-10-12-7-5-11(2)6-8-12/h4-8H,1,9-10H2,2-3H3,(H,18,19)(H,20,23,24). The summed E-state index contributed by atoms with van der Waals surface area (Å²) in [5.41, 5.74) is 2.05. The van der Waals surface area contributed by atoms with Gasteiger partial charge in [0, 0.05) is 20.1 Å². The first-order valence-corrected chi connectivity index (χ1v) is 7.61. The lowest BCUT2D eigenvalue weighted by Crippen LogP contribution is -2.29. The third-order valence-corrected chi connectivity index (χ3v) is 3.89. The molecule has 0 radical (unpaired) electrons. The molecule has 0 saturated carbocycles. The Morgan fingerprint density at radius 1 is 1.29 bits per heavy atom. The van der Waals surface area contributed by atoms with Gasteiger partial charge in [-0.2, -0.15) is 4.98 Å². The molecule has 1 aromatic carbocycles. The average molecular weight is 325 g/mol. The number of fused-ring (bicyclic) bond motifs is 1. The zero-order valence-electron chi connectivity index (χ0n) is 13.7. The molecule has 0 aliphatic heterocycles. The first-order chi connectivity index (χ1) is 11.5. The van der Waals surface area contributed by atoms with Gasteiger partial charge in [-0.05, 0) is 12.5 Å². The normalized spacial score (nSPS) is 10.9. The smallest absolute Gasteiger partial charge is 0.329 e. The van der Waals surface area contributed by atoms with Crippen molar-refractivity contribution in [3.05, 3.63) is 68.9 Å². The molecule has 0 amide bonds. The Morgan fingerprint density at radius 2 is 2.00 bits per heavy atom. The minimum absolute atomic E-state index is 0.344. The lowest BCUT2D eigenvalue weighted by atomic mass is 10.1. The van der Waals surface area contributed by atoms with Crippen LogP contribution in [0, 0.1) is 6.92 Å². The minimum atomic E-state index is -0.485. The Balaban J connectivity index is 2.05. The zero-order valence-corrected chi connectivity index (χ0v) is 13.7. The molecule has 0 unspecified atom stereocenters. The summed E-state index contributed by atoms with van der Waals surface area (Å²) in [6.07, 6.45) is 1.68. The highest BCUT2D eigenvalue weighted by molar-refractivity contribution is 5.74. The quantitative estimate of drug-likeness (QED) is 0.697. The number of nitrogens with zero attached hydrogens (tertiary/aromatic N) is 3. The van der Waals surface area contributed by atoms with E-state index in [1.165, 1.54) is 10.1 Å². The van der Waals surface area contributed by atoms with E-state index in [4.69, 9.17) is 0 Å². The van der Waals surface area contributed by atoms with Gasteiger partial charge in [-0.15, -0.1) is 6.58 Å². The lowest BCUT2D eigenvalue weighted by Gasteiger charge is -2.08. The molecule has 0 atom stereocenters. The van der Waals surface area contributed by atoms with Crippen molar-refractivity contribution in [3.8, 4) is 0 Å². The van der Waals surface area contributed by atoms with E-state index in [1.54, 1.807) is 17.7 Å². The molecule has 0 saturated heterocycles. The van der Waals surface area contributed by atoms with E-state index in [0.717, 1.165) is 5.56 Å². The van der Waals surface area contributed by atoms with Gasteiger partial charge in [-0.3, -0.25) is 14.3 Å². The van der Waals surface area contributed by atoms with Gasteiger partial charge in [0.1, 0.15) is 0 Å². The molecule has 7 heteroatoms. The van der Waals surface area contributed by atoms with E-state index in [2.05, 4.69) is 21.9 Å². The number of anilines is 1. The first kappa shape index (κ1) is 15.8. The van der Waals surface area contributed by atoms with E-state index in [1.807, 2.05) is 31.2 Å². The summed E-state index contributed by atoms with van der Waals surface area (Å²) < 4.78 is 3.04. The van der Waals surface area contributed by atoms with Crippen molar-refractivity contribution >= 4 is 17.1 Å². The van der Waals surface area contributed by atoms with Crippen LogP contribution in [-0.2, 0) is 20.1 Å². The van der Waals surface area contributed by atoms with E-state index in [-0.39, 0.29) is 0 Å². The van der Waals surface area contributed by atoms with Crippen LogP contribution in [0.3, 0.4) is 0 Å². The summed E-state index contributed by atoms with van der Waals surface area (Å²) >= 11 is 0. The number of benzene rings is 1. The second-order valence-electron chi connectivity index (χ2n) is 5.66. The molecule has 0 aliphatic rings. The Morgan fingerprint density at radius 3 is 2.67 bits per heavy atom. The number of aromatic nitrogens is 4. The molecule has 124 valence electrons. The highest BCUT2D eigenvalue weighted by Gasteiger charge is 2.16. The van der Waals surface area contributed by atoms with Crippen molar-refractivity contribution in [2.75, 3.05) is 5.32 Å². The number of nitrogens with one attached hydrogen (secondary N) is 2. The predicted octanol–water partition coefficient (Wildman–Crippen LogP) is 1.53. The van der Waals surface area contributed by atoms with Gasteiger partial charge < -0.3 is 9.88 Å². The third kappa shape index (κ3) is 2.76. The number of H-pyrrole nitrogens is 1. The molecule has 2 heterocycles. The number of aromatic amines is 1. The molecule has 3 aromatic rings. The molecule has 0 fully saturated rings. The highest BCUT2D eigenvalue weighted by atomic mass is 16.2. The van der Waals surface area contributed by atoms with Crippen molar-refractivity contribution in [1.82, 2.24) is 19.1 Å². The molecule has 2 aromatic heterocycles. The van der Waals surface area contributed by atoms with Crippen LogP contribution < -0.4 is 16.6 Å². The molecule has 2 N–H and O–H groups in total. The Hall–Kier alpha value is -3.09. The first-order valence-electron chi connectivity index (χ1n) is 7.61. The van der Waals surface area contributed by atoms with Gasteiger partial charge >= 0.3 is 5.69 Å². The molecular formula is C17H19N5O2. The van der Waals surface area contributed by atoms with Gasteiger partial charge in [-0.1, -0.05) is 35.9 Å². The second kappa shape index (κ2) is 6.19. The molecular weight excluding hydrogens is 306 g/mol. The van der Waals surface area contributed by atoms with Gasteiger partial charge in [-0.25, -0.2) is 4.79 Å². The van der Waals surface area contributed by atoms with Crippen LogP contribution in [0.25, 0.3) is 11.2 Å². The van der Waals surface area contributed by atoms with Crippen molar-refractivity contribution in [3.63, 3.8) is 0 Å². The Bertz CT molecular complexity index is 1010. The van der Waals surface area contributed by atoms with Gasteiger partial charge in [0.15, 0.2) is 11.2 Å². The van der Waals surface area contributed by atoms with E-state index >= 15 is 0 Å². The summed E-state index contributed by atoms with van der Waals surface area (Å²) in [5, 5.41) is 3.23. The maximum atomic E-state index is 12.2. The van der Waals surface area contributed by atoms with Crippen molar-refractivity contribution in [2.45, 2.75) is 20.0 Å². The fourth-order valence-electron chi connectivity index (χ4n) is 2.56. The number of imidazole rings is 1. The summed E-state index contributed by atoms with van der Waals surface area (Å²) in [7, 11) is 1.58. The largest absolute Gasteiger partial charge is 0.351 e. The van der Waals surface area contributed by atoms with Gasteiger partial charge in [0.25, 0.3) is 5.56 Å².